The monoisotopic (exact) mass is 365 g/mol. The predicted octanol–water partition coefficient (Wildman–Crippen LogP) is 3.75. The van der Waals surface area contributed by atoms with Gasteiger partial charge in [-0.05, 0) is 42.5 Å². The number of nitrogens with zero attached hydrogens (tertiary/aromatic N) is 1. The zero-order valence-electron chi connectivity index (χ0n) is 13.3. The molecule has 0 spiro atoms. The molecule has 0 unspecified atom stereocenters. The van der Waals surface area contributed by atoms with Gasteiger partial charge in [0.2, 0.25) is 5.91 Å². The summed E-state index contributed by atoms with van der Waals surface area (Å²) in [7, 11) is 3.37. The first-order valence-corrected chi connectivity index (χ1v) is 7.92. The Labute approximate surface area is 150 Å². The lowest BCUT2D eigenvalue weighted by molar-refractivity contribution is -0.114. The topological polar surface area (TPSA) is 61.4 Å². The van der Waals surface area contributed by atoms with Gasteiger partial charge in [0, 0.05) is 41.1 Å². The summed E-state index contributed by atoms with van der Waals surface area (Å²) in [5.74, 6) is -0.315. The van der Waals surface area contributed by atoms with Crippen molar-refractivity contribution in [1.29, 1.82) is 0 Å². The van der Waals surface area contributed by atoms with E-state index in [9.17, 15) is 9.59 Å². The molecule has 0 aromatic heterocycles. The van der Waals surface area contributed by atoms with Crippen LogP contribution in [0.5, 0.6) is 0 Å². The van der Waals surface area contributed by atoms with E-state index in [1.165, 1.54) is 4.90 Å². The minimum absolute atomic E-state index is 0.0645. The van der Waals surface area contributed by atoms with Crippen LogP contribution in [0, 0.1) is 0 Å². The lowest BCUT2D eigenvalue weighted by Crippen LogP contribution is -2.22. The van der Waals surface area contributed by atoms with Gasteiger partial charge in [-0.2, -0.15) is 0 Å². The fourth-order valence-corrected chi connectivity index (χ4v) is 2.52. The van der Waals surface area contributed by atoms with E-state index in [0.29, 0.717) is 27.0 Å². The molecule has 0 aliphatic carbocycles. The molecule has 126 valence electrons. The van der Waals surface area contributed by atoms with Crippen molar-refractivity contribution < 1.29 is 9.59 Å². The lowest BCUT2D eigenvalue weighted by Gasteiger charge is -2.11. The molecule has 0 saturated carbocycles. The van der Waals surface area contributed by atoms with Gasteiger partial charge in [-0.3, -0.25) is 9.59 Å². The molecule has 2 amide bonds. The number of nitrogens with one attached hydrogen (secondary N) is 2. The van der Waals surface area contributed by atoms with Crippen LogP contribution < -0.4 is 10.6 Å². The van der Waals surface area contributed by atoms with Gasteiger partial charge in [0.1, 0.15) is 0 Å². The maximum Gasteiger partial charge on any atom is 0.253 e. The number of halogens is 2. The average Bonchev–Trinajstić information content (AvgIpc) is 2.52. The van der Waals surface area contributed by atoms with Crippen molar-refractivity contribution in [3.05, 3.63) is 58.1 Å². The third-order valence-electron chi connectivity index (χ3n) is 3.14. The van der Waals surface area contributed by atoms with Crippen LogP contribution in [0.1, 0.15) is 10.4 Å². The number of hydrogen-bond donors (Lipinski definition) is 2. The van der Waals surface area contributed by atoms with Crippen LogP contribution >= 0.6 is 23.2 Å². The molecular weight excluding hydrogens is 349 g/mol. The van der Waals surface area contributed by atoms with Crippen LogP contribution in [-0.2, 0) is 4.79 Å². The van der Waals surface area contributed by atoms with Crippen LogP contribution in [0.25, 0.3) is 0 Å². The maximum absolute atomic E-state index is 12.0. The Hall–Kier alpha value is -2.24. The lowest BCUT2D eigenvalue weighted by atomic mass is 10.2. The SMILES string of the molecule is CN(C)C(=O)c1ccc(NC(=O)CNc2cc(Cl)cc(Cl)c2)cc1. The van der Waals surface area contributed by atoms with Crippen molar-refractivity contribution in [1.82, 2.24) is 4.90 Å². The molecule has 2 N–H and O–H groups in total. The molecule has 7 heteroatoms. The Morgan fingerprint density at radius 1 is 0.958 bits per heavy atom. The van der Waals surface area contributed by atoms with E-state index in [2.05, 4.69) is 10.6 Å². The second-order valence-corrected chi connectivity index (χ2v) is 6.21. The molecule has 0 heterocycles. The number of hydrogen-bond acceptors (Lipinski definition) is 3. The van der Waals surface area contributed by atoms with Crippen LogP contribution in [0.2, 0.25) is 10.0 Å². The summed E-state index contributed by atoms with van der Waals surface area (Å²) in [5, 5.41) is 6.68. The minimum Gasteiger partial charge on any atom is -0.376 e. The van der Waals surface area contributed by atoms with Crippen molar-refractivity contribution in [3.63, 3.8) is 0 Å². The molecular formula is C17H17Cl2N3O2. The molecule has 0 saturated heterocycles. The van der Waals surface area contributed by atoms with Crippen LogP contribution in [0.3, 0.4) is 0 Å². The Morgan fingerprint density at radius 3 is 2.08 bits per heavy atom. The first kappa shape index (κ1) is 18.1. The Balaban J connectivity index is 1.91. The molecule has 0 fully saturated rings. The normalized spacial score (nSPS) is 10.2. The summed E-state index contributed by atoms with van der Waals surface area (Å²) in [5.41, 5.74) is 1.83. The Bertz CT molecular complexity index is 726. The molecule has 2 aromatic rings. The third-order valence-corrected chi connectivity index (χ3v) is 3.57. The van der Waals surface area contributed by atoms with Crippen LogP contribution in [-0.4, -0.2) is 37.4 Å². The summed E-state index contributed by atoms with van der Waals surface area (Å²) in [4.78, 5) is 25.3. The fourth-order valence-electron chi connectivity index (χ4n) is 2.00. The van der Waals surface area contributed by atoms with Gasteiger partial charge in [0.05, 0.1) is 6.54 Å². The molecule has 0 radical (unpaired) electrons. The van der Waals surface area contributed by atoms with E-state index in [1.54, 1.807) is 56.6 Å². The van der Waals surface area contributed by atoms with E-state index in [0.717, 1.165) is 0 Å². The van der Waals surface area contributed by atoms with E-state index in [1.807, 2.05) is 0 Å². The maximum atomic E-state index is 12.0. The second kappa shape index (κ2) is 8.04. The summed E-state index contributed by atoms with van der Waals surface area (Å²) in [6.45, 7) is 0.0645. The van der Waals surface area contributed by atoms with Crippen LogP contribution in [0.4, 0.5) is 11.4 Å². The van der Waals surface area contributed by atoms with Gasteiger partial charge >= 0.3 is 0 Å². The molecule has 0 bridgehead atoms. The number of carbonyl (C=O) groups is 2. The van der Waals surface area contributed by atoms with E-state index in [4.69, 9.17) is 23.2 Å². The van der Waals surface area contributed by atoms with Crippen molar-refractivity contribution in [3.8, 4) is 0 Å². The number of anilines is 2. The van der Waals surface area contributed by atoms with E-state index < -0.39 is 0 Å². The highest BCUT2D eigenvalue weighted by Crippen LogP contribution is 2.22. The van der Waals surface area contributed by atoms with Crippen molar-refractivity contribution in [2.75, 3.05) is 31.3 Å². The zero-order valence-corrected chi connectivity index (χ0v) is 14.8. The van der Waals surface area contributed by atoms with Gasteiger partial charge < -0.3 is 15.5 Å². The average molecular weight is 366 g/mol. The standard InChI is InChI=1S/C17H17Cl2N3O2/c1-22(2)17(24)11-3-5-14(6-4-11)21-16(23)10-20-15-8-12(18)7-13(19)9-15/h3-9,20H,10H2,1-2H3,(H,21,23). The minimum atomic E-state index is -0.224. The highest BCUT2D eigenvalue weighted by Gasteiger charge is 2.08. The number of benzene rings is 2. The zero-order chi connectivity index (χ0) is 17.7. The molecule has 2 aromatic carbocycles. The van der Waals surface area contributed by atoms with Gasteiger partial charge in [-0.15, -0.1) is 0 Å². The van der Waals surface area contributed by atoms with Crippen LogP contribution in [0.15, 0.2) is 42.5 Å². The first-order chi connectivity index (χ1) is 11.3. The highest BCUT2D eigenvalue weighted by atomic mass is 35.5. The molecule has 0 aliphatic rings. The molecule has 0 atom stereocenters. The highest BCUT2D eigenvalue weighted by molar-refractivity contribution is 6.35. The van der Waals surface area contributed by atoms with Gasteiger partial charge in [-0.25, -0.2) is 0 Å². The largest absolute Gasteiger partial charge is 0.376 e. The number of rotatable bonds is 5. The van der Waals surface area contributed by atoms with Gasteiger partial charge in [0.15, 0.2) is 0 Å². The van der Waals surface area contributed by atoms with Crippen molar-refractivity contribution >= 4 is 46.4 Å². The fraction of sp³-hybridized carbons (Fsp3) is 0.176. The van der Waals surface area contributed by atoms with Gasteiger partial charge in [0.25, 0.3) is 5.91 Å². The van der Waals surface area contributed by atoms with E-state index >= 15 is 0 Å². The van der Waals surface area contributed by atoms with E-state index in [-0.39, 0.29) is 18.4 Å². The summed E-state index contributed by atoms with van der Waals surface area (Å²) in [6.07, 6.45) is 0. The van der Waals surface area contributed by atoms with Crippen molar-refractivity contribution in [2.24, 2.45) is 0 Å². The summed E-state index contributed by atoms with van der Waals surface area (Å²) >= 11 is 11.8. The smallest absolute Gasteiger partial charge is 0.253 e. The number of amides is 2. The molecule has 24 heavy (non-hydrogen) atoms. The summed E-state index contributed by atoms with van der Waals surface area (Å²) in [6, 6.07) is 11.7. The molecule has 0 aliphatic heterocycles. The Kier molecular flexibility index (Phi) is 6.06. The molecule has 5 nitrogen and oxygen atoms in total. The molecule has 2 rings (SSSR count). The summed E-state index contributed by atoms with van der Waals surface area (Å²) < 4.78 is 0. The predicted molar refractivity (Wildman–Crippen MR) is 98.0 cm³/mol. The quantitative estimate of drug-likeness (QED) is 0.847. The second-order valence-electron chi connectivity index (χ2n) is 5.34. The third kappa shape index (κ3) is 5.15. The Morgan fingerprint density at radius 2 is 1.54 bits per heavy atom. The van der Waals surface area contributed by atoms with Crippen molar-refractivity contribution in [2.45, 2.75) is 0 Å². The number of carbonyl (C=O) groups excluding carboxylic acids is 2. The first-order valence-electron chi connectivity index (χ1n) is 7.16. The van der Waals surface area contributed by atoms with Gasteiger partial charge in [-0.1, -0.05) is 23.2 Å².